The van der Waals surface area contributed by atoms with Crippen LogP contribution in [0.15, 0.2) is 11.3 Å². The van der Waals surface area contributed by atoms with E-state index >= 15 is 0 Å². The van der Waals surface area contributed by atoms with E-state index in [1.165, 1.54) is 0 Å². The van der Waals surface area contributed by atoms with Crippen molar-refractivity contribution in [3.8, 4) is 0 Å². The quantitative estimate of drug-likeness (QED) is 0.527. The SMILES string of the molecule is CC1=C2OC1C(C)(C)CC2=O. The average molecular weight is 152 g/mol. The van der Waals surface area contributed by atoms with Crippen LogP contribution >= 0.6 is 0 Å². The molecule has 1 unspecified atom stereocenters. The Morgan fingerprint density at radius 3 is 2.55 bits per heavy atom. The van der Waals surface area contributed by atoms with Crippen molar-refractivity contribution in [1.29, 1.82) is 0 Å². The van der Waals surface area contributed by atoms with Crippen LogP contribution in [0, 0.1) is 5.41 Å². The zero-order valence-electron chi connectivity index (χ0n) is 7.10. The summed E-state index contributed by atoms with van der Waals surface area (Å²) in [4.78, 5) is 11.3. The van der Waals surface area contributed by atoms with Gasteiger partial charge in [-0.05, 0) is 6.92 Å². The smallest absolute Gasteiger partial charge is 0.198 e. The van der Waals surface area contributed by atoms with Crippen LogP contribution < -0.4 is 0 Å². The first kappa shape index (κ1) is 6.89. The molecule has 0 aromatic carbocycles. The van der Waals surface area contributed by atoms with Crippen molar-refractivity contribution in [2.24, 2.45) is 5.41 Å². The molecule has 2 aliphatic heterocycles. The number of ketones is 1. The first-order valence-electron chi connectivity index (χ1n) is 3.93. The van der Waals surface area contributed by atoms with Crippen LogP contribution in [0.4, 0.5) is 0 Å². The van der Waals surface area contributed by atoms with E-state index < -0.39 is 0 Å². The van der Waals surface area contributed by atoms with E-state index in [9.17, 15) is 4.79 Å². The van der Waals surface area contributed by atoms with Crippen molar-refractivity contribution in [3.05, 3.63) is 11.3 Å². The van der Waals surface area contributed by atoms with Gasteiger partial charge < -0.3 is 4.74 Å². The number of carbonyl (C=O) groups is 1. The lowest BCUT2D eigenvalue weighted by Gasteiger charge is -2.47. The molecule has 0 aromatic rings. The van der Waals surface area contributed by atoms with Gasteiger partial charge in [-0.25, -0.2) is 0 Å². The normalized spacial score (nSPS) is 33.0. The fraction of sp³-hybridized carbons (Fsp3) is 0.667. The molecule has 11 heavy (non-hydrogen) atoms. The summed E-state index contributed by atoms with van der Waals surface area (Å²) in [6, 6.07) is 0. The zero-order valence-corrected chi connectivity index (χ0v) is 7.10. The molecule has 0 N–H and O–H groups in total. The highest BCUT2D eigenvalue weighted by Crippen LogP contribution is 2.47. The summed E-state index contributed by atoms with van der Waals surface area (Å²) in [6.45, 7) is 6.15. The molecular formula is C9H12O2. The molecule has 60 valence electrons. The Kier molecular flexibility index (Phi) is 1.05. The first-order valence-corrected chi connectivity index (χ1v) is 3.93. The van der Waals surface area contributed by atoms with Gasteiger partial charge in [-0.15, -0.1) is 0 Å². The van der Waals surface area contributed by atoms with Gasteiger partial charge in [0, 0.05) is 17.4 Å². The maximum Gasteiger partial charge on any atom is 0.198 e. The van der Waals surface area contributed by atoms with Crippen molar-refractivity contribution < 1.29 is 9.53 Å². The molecule has 1 saturated heterocycles. The highest BCUT2D eigenvalue weighted by Gasteiger charge is 2.49. The second-order valence-corrected chi connectivity index (χ2v) is 4.10. The molecule has 2 heteroatoms. The van der Waals surface area contributed by atoms with Crippen LogP contribution in [-0.4, -0.2) is 11.9 Å². The lowest BCUT2D eigenvalue weighted by atomic mass is 9.70. The van der Waals surface area contributed by atoms with Crippen molar-refractivity contribution >= 4 is 5.78 Å². The Balaban J connectivity index is 2.43. The third-order valence-electron chi connectivity index (χ3n) is 2.57. The largest absolute Gasteiger partial charge is 0.482 e. The van der Waals surface area contributed by atoms with E-state index in [0.717, 1.165) is 5.57 Å². The van der Waals surface area contributed by atoms with Gasteiger partial charge in [-0.1, -0.05) is 13.8 Å². The van der Waals surface area contributed by atoms with Gasteiger partial charge in [0.1, 0.15) is 6.10 Å². The van der Waals surface area contributed by atoms with Gasteiger partial charge >= 0.3 is 0 Å². The summed E-state index contributed by atoms with van der Waals surface area (Å²) < 4.78 is 5.34. The molecule has 0 radical (unpaired) electrons. The van der Waals surface area contributed by atoms with Gasteiger partial charge in [-0.3, -0.25) is 4.79 Å². The van der Waals surface area contributed by atoms with E-state index in [4.69, 9.17) is 4.74 Å². The van der Waals surface area contributed by atoms with Crippen LogP contribution in [-0.2, 0) is 9.53 Å². The van der Waals surface area contributed by atoms with Gasteiger partial charge in [0.2, 0.25) is 0 Å². The van der Waals surface area contributed by atoms with Crippen molar-refractivity contribution in [3.63, 3.8) is 0 Å². The molecule has 0 amide bonds. The van der Waals surface area contributed by atoms with Gasteiger partial charge in [0.05, 0.1) is 0 Å². The van der Waals surface area contributed by atoms with Gasteiger partial charge in [0.15, 0.2) is 11.5 Å². The second-order valence-electron chi connectivity index (χ2n) is 4.10. The molecule has 0 spiro atoms. The molecule has 3 rings (SSSR count). The lowest BCUT2D eigenvalue weighted by Crippen LogP contribution is -2.48. The van der Waals surface area contributed by atoms with E-state index in [0.29, 0.717) is 12.2 Å². The number of hydrogen-bond acceptors (Lipinski definition) is 2. The average Bonchev–Trinajstić information content (AvgIpc) is 1.80. The Morgan fingerprint density at radius 2 is 2.18 bits per heavy atom. The van der Waals surface area contributed by atoms with Crippen LogP contribution in [0.2, 0.25) is 0 Å². The van der Waals surface area contributed by atoms with E-state index in [1.807, 2.05) is 6.92 Å². The minimum Gasteiger partial charge on any atom is -0.482 e. The molecule has 1 atom stereocenters. The molecule has 2 heterocycles. The molecule has 1 fully saturated rings. The highest BCUT2D eigenvalue weighted by molar-refractivity contribution is 5.97. The Bertz CT molecular complexity index is 261. The highest BCUT2D eigenvalue weighted by atomic mass is 16.5. The topological polar surface area (TPSA) is 26.3 Å². The standard InChI is InChI=1S/C9H12O2/c1-5-7-6(10)4-9(2,3)8(5)11-7/h8H,4H2,1-3H3. The monoisotopic (exact) mass is 152 g/mol. The summed E-state index contributed by atoms with van der Waals surface area (Å²) in [5, 5.41) is 0. The fourth-order valence-electron chi connectivity index (χ4n) is 1.98. The minimum absolute atomic E-state index is 0.0168. The molecular weight excluding hydrogens is 140 g/mol. The molecule has 0 saturated carbocycles. The number of ether oxygens (including phenoxy) is 1. The van der Waals surface area contributed by atoms with E-state index in [2.05, 4.69) is 13.8 Å². The van der Waals surface area contributed by atoms with Crippen LogP contribution in [0.25, 0.3) is 0 Å². The molecule has 3 aliphatic rings. The van der Waals surface area contributed by atoms with E-state index in [1.54, 1.807) is 0 Å². The summed E-state index contributed by atoms with van der Waals surface area (Å²) >= 11 is 0. The first-order chi connectivity index (χ1) is 5.02. The Labute approximate surface area is 66.2 Å². The predicted octanol–water partition coefficient (Wildman–Crippen LogP) is 1.66. The Morgan fingerprint density at radius 1 is 1.55 bits per heavy atom. The summed E-state index contributed by atoms with van der Waals surface area (Å²) in [7, 11) is 0. The summed E-state index contributed by atoms with van der Waals surface area (Å²) in [5.41, 5.74) is 1.16. The van der Waals surface area contributed by atoms with Crippen LogP contribution in [0.3, 0.4) is 0 Å². The van der Waals surface area contributed by atoms with Gasteiger partial charge in [-0.2, -0.15) is 0 Å². The molecule has 1 aliphatic carbocycles. The van der Waals surface area contributed by atoms with Gasteiger partial charge in [0.25, 0.3) is 0 Å². The Hall–Kier alpha value is -0.790. The number of allylic oxidation sites excluding steroid dienone is 1. The van der Waals surface area contributed by atoms with Crippen LogP contribution in [0.5, 0.6) is 0 Å². The van der Waals surface area contributed by atoms with Crippen molar-refractivity contribution in [1.82, 2.24) is 0 Å². The lowest BCUT2D eigenvalue weighted by molar-refractivity contribution is -0.137. The van der Waals surface area contributed by atoms with Crippen molar-refractivity contribution in [2.45, 2.75) is 33.3 Å². The number of Topliss-reactive ketones (excluding diaryl/α,β-unsaturated/α-hetero) is 1. The van der Waals surface area contributed by atoms with Crippen LogP contribution in [0.1, 0.15) is 27.2 Å². The number of fused-ring (bicyclic) bond motifs is 2. The third kappa shape index (κ3) is 0.697. The fourth-order valence-corrected chi connectivity index (χ4v) is 1.98. The molecule has 2 bridgehead atoms. The maximum absolute atomic E-state index is 11.3. The van der Waals surface area contributed by atoms with Crippen molar-refractivity contribution in [2.75, 3.05) is 0 Å². The number of rotatable bonds is 0. The molecule has 0 aromatic heterocycles. The summed E-state index contributed by atoms with van der Waals surface area (Å²) in [6.07, 6.45) is 0.847. The maximum atomic E-state index is 11.3. The summed E-state index contributed by atoms with van der Waals surface area (Å²) in [5.74, 6) is 0.810. The molecule has 2 nitrogen and oxygen atoms in total. The zero-order chi connectivity index (χ0) is 8.22. The minimum atomic E-state index is 0.0168. The van der Waals surface area contributed by atoms with E-state index in [-0.39, 0.29) is 17.3 Å². The third-order valence-corrected chi connectivity index (χ3v) is 2.57. The number of hydrogen-bond donors (Lipinski definition) is 0. The number of carbonyl (C=O) groups excluding carboxylic acids is 1. The predicted molar refractivity (Wildman–Crippen MR) is 41.0 cm³/mol. The second kappa shape index (κ2) is 1.68.